The van der Waals surface area contributed by atoms with Crippen molar-refractivity contribution in [2.75, 3.05) is 19.6 Å². The van der Waals surface area contributed by atoms with Crippen LogP contribution in [0.3, 0.4) is 0 Å². The van der Waals surface area contributed by atoms with Gasteiger partial charge in [0.1, 0.15) is 0 Å². The third-order valence-corrected chi connectivity index (χ3v) is 5.22. The topological polar surface area (TPSA) is 15.3 Å². The maximum atomic E-state index is 3.85. The van der Waals surface area contributed by atoms with E-state index in [0.29, 0.717) is 0 Å². The van der Waals surface area contributed by atoms with Crippen molar-refractivity contribution < 1.29 is 0 Å². The molecule has 0 aromatic heterocycles. The maximum absolute atomic E-state index is 3.85. The van der Waals surface area contributed by atoms with Crippen LogP contribution in [0.2, 0.25) is 0 Å². The lowest BCUT2D eigenvalue weighted by Crippen LogP contribution is -2.46. The summed E-state index contributed by atoms with van der Waals surface area (Å²) >= 11 is 0. The third-order valence-electron chi connectivity index (χ3n) is 5.22. The number of rotatable bonds is 4. The zero-order valence-electron chi connectivity index (χ0n) is 12.6. The average Bonchev–Trinajstić information content (AvgIpc) is 2.38. The Labute approximate surface area is 114 Å². The molecule has 0 spiro atoms. The minimum absolute atomic E-state index is 0.726. The molecule has 2 aliphatic rings. The first-order valence-corrected chi connectivity index (χ1v) is 8.14. The summed E-state index contributed by atoms with van der Waals surface area (Å²) in [4.78, 5) is 2.61. The summed E-state index contributed by atoms with van der Waals surface area (Å²) in [5, 5.41) is 3.85. The quantitative estimate of drug-likeness (QED) is 0.826. The SMILES string of the molecule is CC1CCCCC1CNC1CCN(C(C)C)CC1. The number of likely N-dealkylation sites (tertiary alicyclic amines) is 1. The van der Waals surface area contributed by atoms with Gasteiger partial charge in [0.05, 0.1) is 0 Å². The standard InChI is InChI=1S/C16H32N2/c1-13(2)18-10-8-16(9-11-18)17-12-15-7-5-4-6-14(15)3/h13-17H,4-12H2,1-3H3. The predicted octanol–water partition coefficient (Wildman–Crippen LogP) is 3.28. The first-order chi connectivity index (χ1) is 8.66. The van der Waals surface area contributed by atoms with E-state index in [4.69, 9.17) is 0 Å². The van der Waals surface area contributed by atoms with Crippen LogP contribution < -0.4 is 5.32 Å². The Balaban J connectivity index is 1.65. The van der Waals surface area contributed by atoms with Gasteiger partial charge in [-0.15, -0.1) is 0 Å². The molecule has 2 nitrogen and oxygen atoms in total. The summed E-state index contributed by atoms with van der Waals surface area (Å²) in [5.41, 5.74) is 0. The van der Waals surface area contributed by atoms with Gasteiger partial charge in [-0.2, -0.15) is 0 Å². The number of nitrogens with one attached hydrogen (secondary N) is 1. The monoisotopic (exact) mass is 252 g/mol. The Bertz CT molecular complexity index is 231. The summed E-state index contributed by atoms with van der Waals surface area (Å²) in [7, 11) is 0. The van der Waals surface area contributed by atoms with Crippen molar-refractivity contribution in [2.45, 2.75) is 71.4 Å². The van der Waals surface area contributed by atoms with E-state index in [2.05, 4.69) is 31.0 Å². The van der Waals surface area contributed by atoms with Gasteiger partial charge in [-0.1, -0.05) is 26.2 Å². The van der Waals surface area contributed by atoms with Gasteiger partial charge in [-0.3, -0.25) is 0 Å². The van der Waals surface area contributed by atoms with Gasteiger partial charge in [-0.25, -0.2) is 0 Å². The maximum Gasteiger partial charge on any atom is 0.00915 e. The summed E-state index contributed by atoms with van der Waals surface area (Å²) in [6.45, 7) is 10.9. The fraction of sp³-hybridized carbons (Fsp3) is 1.00. The van der Waals surface area contributed by atoms with E-state index in [1.165, 1.54) is 58.2 Å². The lowest BCUT2D eigenvalue weighted by molar-refractivity contribution is 0.153. The molecule has 0 bridgehead atoms. The van der Waals surface area contributed by atoms with E-state index in [0.717, 1.165) is 23.9 Å². The summed E-state index contributed by atoms with van der Waals surface area (Å²) in [5.74, 6) is 1.89. The predicted molar refractivity (Wildman–Crippen MR) is 78.9 cm³/mol. The molecule has 2 rings (SSSR count). The van der Waals surface area contributed by atoms with E-state index in [-0.39, 0.29) is 0 Å². The third kappa shape index (κ3) is 3.96. The van der Waals surface area contributed by atoms with Crippen molar-refractivity contribution in [1.29, 1.82) is 0 Å². The molecular weight excluding hydrogens is 220 g/mol. The molecule has 0 amide bonds. The lowest BCUT2D eigenvalue weighted by atomic mass is 9.80. The molecule has 0 aromatic carbocycles. The van der Waals surface area contributed by atoms with Crippen molar-refractivity contribution in [2.24, 2.45) is 11.8 Å². The van der Waals surface area contributed by atoms with Crippen molar-refractivity contribution >= 4 is 0 Å². The molecule has 1 saturated carbocycles. The van der Waals surface area contributed by atoms with Crippen molar-refractivity contribution in [3.8, 4) is 0 Å². The van der Waals surface area contributed by atoms with E-state index in [9.17, 15) is 0 Å². The Hall–Kier alpha value is -0.0800. The molecule has 1 aliphatic heterocycles. The van der Waals surface area contributed by atoms with Crippen LogP contribution in [-0.2, 0) is 0 Å². The highest BCUT2D eigenvalue weighted by Crippen LogP contribution is 2.29. The molecule has 1 heterocycles. The average molecular weight is 252 g/mol. The molecule has 1 N–H and O–H groups in total. The molecule has 2 heteroatoms. The molecule has 1 aliphatic carbocycles. The fourth-order valence-electron chi connectivity index (χ4n) is 3.63. The summed E-state index contributed by atoms with van der Waals surface area (Å²) < 4.78 is 0. The summed E-state index contributed by atoms with van der Waals surface area (Å²) in [6.07, 6.45) is 8.53. The number of nitrogens with zero attached hydrogens (tertiary/aromatic N) is 1. The van der Waals surface area contributed by atoms with Crippen LogP contribution >= 0.6 is 0 Å². The van der Waals surface area contributed by atoms with Crippen molar-refractivity contribution in [3.05, 3.63) is 0 Å². The van der Waals surface area contributed by atoms with Crippen molar-refractivity contribution in [1.82, 2.24) is 10.2 Å². The Morgan fingerprint density at radius 1 is 1.06 bits per heavy atom. The van der Waals surface area contributed by atoms with E-state index in [1.807, 2.05) is 0 Å². The molecule has 0 aromatic rings. The zero-order chi connectivity index (χ0) is 13.0. The van der Waals surface area contributed by atoms with Gasteiger partial charge >= 0.3 is 0 Å². The van der Waals surface area contributed by atoms with Crippen LogP contribution in [0.15, 0.2) is 0 Å². The van der Waals surface area contributed by atoms with Gasteiger partial charge in [0, 0.05) is 12.1 Å². The second kappa shape index (κ2) is 6.91. The van der Waals surface area contributed by atoms with Crippen molar-refractivity contribution in [3.63, 3.8) is 0 Å². The molecule has 18 heavy (non-hydrogen) atoms. The largest absolute Gasteiger partial charge is 0.314 e. The molecule has 2 fully saturated rings. The lowest BCUT2D eigenvalue weighted by Gasteiger charge is -2.36. The van der Waals surface area contributed by atoms with Crippen LogP contribution in [0.1, 0.15) is 59.3 Å². The molecule has 2 unspecified atom stereocenters. The fourth-order valence-corrected chi connectivity index (χ4v) is 3.63. The molecule has 2 atom stereocenters. The zero-order valence-corrected chi connectivity index (χ0v) is 12.6. The highest BCUT2D eigenvalue weighted by atomic mass is 15.2. The van der Waals surface area contributed by atoms with Crippen LogP contribution in [0.5, 0.6) is 0 Å². The van der Waals surface area contributed by atoms with Crippen LogP contribution in [-0.4, -0.2) is 36.6 Å². The van der Waals surface area contributed by atoms with Gasteiger partial charge in [-0.05, 0) is 64.6 Å². The van der Waals surface area contributed by atoms with Crippen LogP contribution in [0.25, 0.3) is 0 Å². The summed E-state index contributed by atoms with van der Waals surface area (Å²) in [6, 6.07) is 1.51. The van der Waals surface area contributed by atoms with Gasteiger partial charge in [0.2, 0.25) is 0 Å². The number of piperidine rings is 1. The van der Waals surface area contributed by atoms with Gasteiger partial charge < -0.3 is 10.2 Å². The van der Waals surface area contributed by atoms with Gasteiger partial charge in [0.25, 0.3) is 0 Å². The first-order valence-electron chi connectivity index (χ1n) is 8.14. The van der Waals surface area contributed by atoms with E-state index >= 15 is 0 Å². The second-order valence-electron chi connectivity index (χ2n) is 6.83. The number of hydrogen-bond donors (Lipinski definition) is 1. The molecule has 0 radical (unpaired) electrons. The first kappa shape index (κ1) is 14.3. The normalized spacial score (nSPS) is 32.0. The number of hydrogen-bond acceptors (Lipinski definition) is 2. The molecule has 1 saturated heterocycles. The molecule has 106 valence electrons. The minimum atomic E-state index is 0.726. The highest BCUT2D eigenvalue weighted by molar-refractivity contribution is 4.81. The minimum Gasteiger partial charge on any atom is -0.314 e. The molecular formula is C16H32N2. The smallest absolute Gasteiger partial charge is 0.00915 e. The van der Waals surface area contributed by atoms with E-state index < -0.39 is 0 Å². The van der Waals surface area contributed by atoms with Crippen LogP contribution in [0, 0.1) is 11.8 Å². The Kier molecular flexibility index (Phi) is 5.50. The highest BCUT2D eigenvalue weighted by Gasteiger charge is 2.24. The van der Waals surface area contributed by atoms with Crippen LogP contribution in [0.4, 0.5) is 0 Å². The van der Waals surface area contributed by atoms with Gasteiger partial charge in [0.15, 0.2) is 0 Å². The van der Waals surface area contributed by atoms with E-state index in [1.54, 1.807) is 0 Å². The second-order valence-corrected chi connectivity index (χ2v) is 6.83. The Morgan fingerprint density at radius 2 is 1.72 bits per heavy atom. The Morgan fingerprint density at radius 3 is 2.33 bits per heavy atom.